The van der Waals surface area contributed by atoms with Gasteiger partial charge in [-0.2, -0.15) is 5.26 Å². The number of anilines is 1. The second kappa shape index (κ2) is 3.79. The van der Waals surface area contributed by atoms with Crippen molar-refractivity contribution < 1.29 is 0 Å². The number of rotatable bonds is 2. The number of benzene rings is 1. The van der Waals surface area contributed by atoms with Gasteiger partial charge < -0.3 is 5.32 Å². The first-order chi connectivity index (χ1) is 9.36. The third-order valence-corrected chi connectivity index (χ3v) is 4.12. The number of aromatic nitrogens is 2. The van der Waals surface area contributed by atoms with Crippen LogP contribution >= 0.6 is 0 Å². The zero-order chi connectivity index (χ0) is 12.8. The van der Waals surface area contributed by atoms with Crippen LogP contribution in [0.1, 0.15) is 22.7 Å². The van der Waals surface area contributed by atoms with Crippen LogP contribution in [0.4, 0.5) is 5.82 Å². The summed E-state index contributed by atoms with van der Waals surface area (Å²) in [6.07, 6.45) is 4.30. The van der Waals surface area contributed by atoms with Crippen molar-refractivity contribution in [1.82, 2.24) is 9.97 Å². The van der Waals surface area contributed by atoms with Gasteiger partial charge in [0.15, 0.2) is 5.69 Å². The molecule has 19 heavy (non-hydrogen) atoms. The Morgan fingerprint density at radius 1 is 1.21 bits per heavy atom. The molecule has 1 N–H and O–H groups in total. The fraction of sp³-hybridized carbons (Fsp3) is 0.267. The fourth-order valence-corrected chi connectivity index (χ4v) is 3.18. The highest BCUT2D eigenvalue weighted by atomic mass is 15.1. The Bertz CT molecular complexity index is 671. The maximum absolute atomic E-state index is 8.69. The highest BCUT2D eigenvalue weighted by molar-refractivity contribution is 5.50. The summed E-state index contributed by atoms with van der Waals surface area (Å²) < 4.78 is 0. The van der Waals surface area contributed by atoms with Gasteiger partial charge in [-0.05, 0) is 23.5 Å². The van der Waals surface area contributed by atoms with Crippen molar-refractivity contribution in [3.63, 3.8) is 0 Å². The summed E-state index contributed by atoms with van der Waals surface area (Å²) in [5.41, 5.74) is 3.32. The molecule has 0 spiro atoms. The predicted molar refractivity (Wildman–Crippen MR) is 70.5 cm³/mol. The van der Waals surface area contributed by atoms with Crippen LogP contribution in [0.5, 0.6) is 0 Å². The van der Waals surface area contributed by atoms with Crippen LogP contribution in [0.2, 0.25) is 0 Å². The van der Waals surface area contributed by atoms with E-state index in [0.29, 0.717) is 23.6 Å². The van der Waals surface area contributed by atoms with Gasteiger partial charge in [0.05, 0.1) is 12.4 Å². The van der Waals surface area contributed by atoms with Gasteiger partial charge in [0, 0.05) is 12.0 Å². The monoisotopic (exact) mass is 248 g/mol. The van der Waals surface area contributed by atoms with Crippen LogP contribution in [0, 0.1) is 17.2 Å². The van der Waals surface area contributed by atoms with Gasteiger partial charge in [-0.15, -0.1) is 0 Å². The molecule has 1 saturated carbocycles. The van der Waals surface area contributed by atoms with Gasteiger partial charge in [-0.1, -0.05) is 24.3 Å². The van der Waals surface area contributed by atoms with Crippen molar-refractivity contribution in [2.24, 2.45) is 5.92 Å². The van der Waals surface area contributed by atoms with Crippen molar-refractivity contribution in [3.05, 3.63) is 53.5 Å². The minimum Gasteiger partial charge on any atom is -0.365 e. The third-order valence-electron chi connectivity index (χ3n) is 4.12. The fourth-order valence-electron chi connectivity index (χ4n) is 3.18. The van der Waals surface area contributed by atoms with Crippen molar-refractivity contribution in [2.45, 2.75) is 18.4 Å². The molecule has 0 bridgehead atoms. The number of nitrogens with one attached hydrogen (secondary N) is 1. The minimum absolute atomic E-state index is 0.354. The van der Waals surface area contributed by atoms with Crippen LogP contribution in [-0.4, -0.2) is 16.0 Å². The summed E-state index contributed by atoms with van der Waals surface area (Å²) in [4.78, 5) is 8.25. The molecule has 1 aromatic carbocycles. The van der Waals surface area contributed by atoms with E-state index < -0.39 is 0 Å². The minimum atomic E-state index is 0.354. The van der Waals surface area contributed by atoms with Crippen molar-refractivity contribution >= 4 is 5.82 Å². The molecule has 3 atom stereocenters. The SMILES string of the molecule is N#Cc1cnc(NC2C3Cc4ccccc4C32)cn1. The quantitative estimate of drug-likeness (QED) is 0.884. The second-order valence-corrected chi connectivity index (χ2v) is 5.16. The molecule has 4 nitrogen and oxygen atoms in total. The summed E-state index contributed by atoms with van der Waals surface area (Å²) in [6.45, 7) is 0. The van der Waals surface area contributed by atoms with Crippen LogP contribution < -0.4 is 5.32 Å². The first-order valence-electron chi connectivity index (χ1n) is 6.43. The summed E-state index contributed by atoms with van der Waals surface area (Å²) in [7, 11) is 0. The average molecular weight is 248 g/mol. The first kappa shape index (κ1) is 10.5. The molecule has 2 aliphatic rings. The van der Waals surface area contributed by atoms with E-state index in [1.54, 1.807) is 6.20 Å². The van der Waals surface area contributed by atoms with Crippen molar-refractivity contribution in [3.8, 4) is 6.07 Å². The van der Waals surface area contributed by atoms with Crippen LogP contribution in [0.3, 0.4) is 0 Å². The first-order valence-corrected chi connectivity index (χ1v) is 6.43. The number of hydrogen-bond donors (Lipinski definition) is 1. The van der Waals surface area contributed by atoms with E-state index >= 15 is 0 Å². The van der Waals surface area contributed by atoms with Gasteiger partial charge >= 0.3 is 0 Å². The summed E-state index contributed by atoms with van der Waals surface area (Å²) in [5, 5.41) is 12.1. The Labute approximate surface area is 111 Å². The van der Waals surface area contributed by atoms with Crippen LogP contribution in [-0.2, 0) is 6.42 Å². The van der Waals surface area contributed by atoms with E-state index in [1.165, 1.54) is 17.3 Å². The van der Waals surface area contributed by atoms with Crippen molar-refractivity contribution in [2.75, 3.05) is 5.32 Å². The lowest BCUT2D eigenvalue weighted by Crippen LogP contribution is -2.11. The van der Waals surface area contributed by atoms with Crippen LogP contribution in [0.15, 0.2) is 36.7 Å². The Morgan fingerprint density at radius 2 is 2.11 bits per heavy atom. The number of fused-ring (bicyclic) bond motifs is 3. The van der Waals surface area contributed by atoms with Gasteiger partial charge in [0.25, 0.3) is 0 Å². The van der Waals surface area contributed by atoms with E-state index in [1.807, 2.05) is 6.07 Å². The molecule has 1 fully saturated rings. The molecule has 0 aliphatic heterocycles. The average Bonchev–Trinajstić information content (AvgIpc) is 2.97. The van der Waals surface area contributed by atoms with E-state index in [2.05, 4.69) is 39.6 Å². The zero-order valence-corrected chi connectivity index (χ0v) is 10.2. The number of nitrogens with zero attached hydrogens (tertiary/aromatic N) is 3. The molecule has 4 heteroatoms. The Hall–Kier alpha value is -2.41. The second-order valence-electron chi connectivity index (χ2n) is 5.16. The third kappa shape index (κ3) is 1.59. The molecule has 0 radical (unpaired) electrons. The molecule has 2 aromatic rings. The van der Waals surface area contributed by atoms with E-state index in [-0.39, 0.29) is 0 Å². The molecule has 0 saturated heterocycles. The standard InChI is InChI=1S/C15H12N4/c16-6-10-7-18-13(8-17-10)19-15-12-5-9-3-1-2-4-11(9)14(12)15/h1-4,7-8,12,14-15H,5H2,(H,18,19). The summed E-state index contributed by atoms with van der Waals surface area (Å²) >= 11 is 0. The molecule has 1 heterocycles. The smallest absolute Gasteiger partial charge is 0.158 e. The molecule has 4 rings (SSSR count). The zero-order valence-electron chi connectivity index (χ0n) is 10.2. The topological polar surface area (TPSA) is 61.6 Å². The molecule has 0 amide bonds. The molecule has 92 valence electrons. The molecule has 2 aliphatic carbocycles. The van der Waals surface area contributed by atoms with Crippen LogP contribution in [0.25, 0.3) is 0 Å². The maximum Gasteiger partial charge on any atom is 0.158 e. The number of hydrogen-bond acceptors (Lipinski definition) is 4. The Morgan fingerprint density at radius 3 is 2.89 bits per heavy atom. The highest BCUT2D eigenvalue weighted by Crippen LogP contribution is 2.57. The lowest BCUT2D eigenvalue weighted by molar-refractivity contribution is 0.821. The van der Waals surface area contributed by atoms with Crippen molar-refractivity contribution in [1.29, 1.82) is 5.26 Å². The summed E-state index contributed by atoms with van der Waals surface area (Å²) in [6, 6.07) is 11.1. The van der Waals surface area contributed by atoms with Gasteiger partial charge in [0.2, 0.25) is 0 Å². The normalized spacial score (nSPS) is 26.2. The van der Waals surface area contributed by atoms with Gasteiger partial charge in [-0.25, -0.2) is 9.97 Å². The molecular formula is C15H12N4. The molecular weight excluding hydrogens is 236 g/mol. The highest BCUT2D eigenvalue weighted by Gasteiger charge is 2.55. The predicted octanol–water partition coefficient (Wildman–Crippen LogP) is 2.10. The Balaban J connectivity index is 1.51. The lowest BCUT2D eigenvalue weighted by Gasteiger charge is -2.09. The maximum atomic E-state index is 8.69. The molecule has 1 aromatic heterocycles. The number of nitriles is 1. The lowest BCUT2D eigenvalue weighted by atomic mass is 10.1. The van der Waals surface area contributed by atoms with E-state index in [9.17, 15) is 0 Å². The van der Waals surface area contributed by atoms with Gasteiger partial charge in [0.1, 0.15) is 11.9 Å². The van der Waals surface area contributed by atoms with E-state index in [0.717, 1.165) is 12.2 Å². The Kier molecular flexibility index (Phi) is 2.10. The summed E-state index contributed by atoms with van der Waals surface area (Å²) in [5.74, 6) is 2.07. The largest absolute Gasteiger partial charge is 0.365 e. The van der Waals surface area contributed by atoms with Gasteiger partial charge in [-0.3, -0.25) is 0 Å². The van der Waals surface area contributed by atoms with E-state index in [4.69, 9.17) is 5.26 Å². The molecule has 3 unspecified atom stereocenters.